The van der Waals surface area contributed by atoms with Gasteiger partial charge in [-0.1, -0.05) is 29.8 Å². The summed E-state index contributed by atoms with van der Waals surface area (Å²) in [4.78, 5) is 0. The first-order chi connectivity index (χ1) is 8.51. The number of benzene rings is 1. The molecule has 0 fully saturated rings. The number of aliphatic hydroxyl groups excluding tert-OH is 1. The Morgan fingerprint density at radius 2 is 2.17 bits per heavy atom. The van der Waals surface area contributed by atoms with E-state index in [0.29, 0.717) is 6.42 Å². The van der Waals surface area contributed by atoms with Crippen LogP contribution < -0.4 is 4.74 Å². The molecular formula is C16H22O2. The molecule has 1 aromatic carbocycles. The van der Waals surface area contributed by atoms with Gasteiger partial charge in [0.15, 0.2) is 0 Å². The molecule has 2 heteroatoms. The van der Waals surface area contributed by atoms with Crippen molar-refractivity contribution in [2.75, 3.05) is 0 Å². The fraction of sp³-hybridized carbons (Fsp3) is 0.500. The molecule has 2 nitrogen and oxygen atoms in total. The van der Waals surface area contributed by atoms with Gasteiger partial charge in [-0.15, -0.1) is 0 Å². The van der Waals surface area contributed by atoms with E-state index < -0.39 is 11.7 Å². The third-order valence-electron chi connectivity index (χ3n) is 3.63. The number of hydrogen-bond acceptors (Lipinski definition) is 2. The van der Waals surface area contributed by atoms with Crippen LogP contribution in [0.15, 0.2) is 35.9 Å². The van der Waals surface area contributed by atoms with E-state index in [1.807, 2.05) is 31.2 Å². The Kier molecular flexibility index (Phi) is 3.76. The molecule has 0 aliphatic carbocycles. The fourth-order valence-corrected chi connectivity index (χ4v) is 2.38. The minimum absolute atomic E-state index is 0.432. The highest BCUT2D eigenvalue weighted by atomic mass is 16.5. The van der Waals surface area contributed by atoms with Gasteiger partial charge in [0.1, 0.15) is 11.4 Å². The summed E-state index contributed by atoms with van der Waals surface area (Å²) >= 11 is 0. The zero-order chi connectivity index (χ0) is 13.2. The molecule has 2 rings (SSSR count). The topological polar surface area (TPSA) is 29.5 Å². The van der Waals surface area contributed by atoms with Crippen LogP contribution in [0.25, 0.3) is 0 Å². The lowest BCUT2D eigenvalue weighted by atomic mass is 9.86. The van der Waals surface area contributed by atoms with Crippen LogP contribution in [-0.4, -0.2) is 16.8 Å². The molecule has 0 aromatic heterocycles. The molecule has 0 radical (unpaired) electrons. The SMILES string of the molecule is CC(C)=CCC[C@@]1(C)Oc2ccccc2C[C@H]1O. The van der Waals surface area contributed by atoms with E-state index in [1.165, 1.54) is 5.57 Å². The van der Waals surface area contributed by atoms with Gasteiger partial charge in [0, 0.05) is 6.42 Å². The van der Waals surface area contributed by atoms with Crippen LogP contribution in [0.2, 0.25) is 0 Å². The van der Waals surface area contributed by atoms with Gasteiger partial charge in [0.2, 0.25) is 0 Å². The van der Waals surface area contributed by atoms with Crippen molar-refractivity contribution >= 4 is 0 Å². The quantitative estimate of drug-likeness (QED) is 0.827. The minimum atomic E-state index is -0.472. The van der Waals surface area contributed by atoms with Crippen LogP contribution >= 0.6 is 0 Å². The first kappa shape index (κ1) is 13.2. The summed E-state index contributed by atoms with van der Waals surface area (Å²) in [5, 5.41) is 10.3. The number of aliphatic hydroxyl groups is 1. The third-order valence-corrected chi connectivity index (χ3v) is 3.63. The molecule has 1 N–H and O–H groups in total. The summed E-state index contributed by atoms with van der Waals surface area (Å²) in [7, 11) is 0. The maximum absolute atomic E-state index is 10.3. The Morgan fingerprint density at radius 3 is 2.89 bits per heavy atom. The molecule has 0 bridgehead atoms. The normalized spacial score (nSPS) is 26.1. The molecule has 0 amide bonds. The zero-order valence-corrected chi connectivity index (χ0v) is 11.4. The molecule has 0 saturated heterocycles. The number of fused-ring (bicyclic) bond motifs is 1. The molecule has 0 spiro atoms. The maximum Gasteiger partial charge on any atom is 0.133 e. The van der Waals surface area contributed by atoms with E-state index >= 15 is 0 Å². The highest BCUT2D eigenvalue weighted by Crippen LogP contribution is 2.35. The first-order valence-corrected chi connectivity index (χ1v) is 6.59. The van der Waals surface area contributed by atoms with E-state index in [2.05, 4.69) is 19.9 Å². The first-order valence-electron chi connectivity index (χ1n) is 6.59. The van der Waals surface area contributed by atoms with Crippen molar-refractivity contribution in [2.24, 2.45) is 0 Å². The predicted octanol–water partition coefficient (Wildman–Crippen LogP) is 3.49. The average Bonchev–Trinajstić information content (AvgIpc) is 2.30. The van der Waals surface area contributed by atoms with E-state index in [9.17, 15) is 5.11 Å². The largest absolute Gasteiger partial charge is 0.485 e. The Labute approximate surface area is 109 Å². The van der Waals surface area contributed by atoms with E-state index in [4.69, 9.17) is 4.74 Å². The Balaban J connectivity index is 2.12. The second-order valence-corrected chi connectivity index (χ2v) is 5.56. The van der Waals surface area contributed by atoms with Gasteiger partial charge in [-0.3, -0.25) is 0 Å². The number of allylic oxidation sites excluding steroid dienone is 2. The molecule has 1 aromatic rings. The van der Waals surface area contributed by atoms with Gasteiger partial charge in [-0.2, -0.15) is 0 Å². The maximum atomic E-state index is 10.3. The van der Waals surface area contributed by atoms with Crippen LogP contribution in [0.1, 0.15) is 39.2 Å². The monoisotopic (exact) mass is 246 g/mol. The summed E-state index contributed by atoms with van der Waals surface area (Å²) in [6.07, 6.45) is 4.23. The molecule has 98 valence electrons. The second kappa shape index (κ2) is 5.15. The van der Waals surface area contributed by atoms with Gasteiger partial charge >= 0.3 is 0 Å². The van der Waals surface area contributed by atoms with Gasteiger partial charge in [0.25, 0.3) is 0 Å². The standard InChI is InChI=1S/C16H22O2/c1-12(2)7-6-10-16(3)15(17)11-13-8-4-5-9-14(13)18-16/h4-5,7-9,15,17H,6,10-11H2,1-3H3/t15-,16-/m1/s1. The van der Waals surface area contributed by atoms with Crippen molar-refractivity contribution in [3.63, 3.8) is 0 Å². The number of ether oxygens (including phenoxy) is 1. The van der Waals surface area contributed by atoms with Crippen LogP contribution in [-0.2, 0) is 6.42 Å². The molecule has 0 saturated carbocycles. The predicted molar refractivity (Wildman–Crippen MR) is 73.9 cm³/mol. The van der Waals surface area contributed by atoms with E-state index in [0.717, 1.165) is 24.2 Å². The minimum Gasteiger partial charge on any atom is -0.485 e. The van der Waals surface area contributed by atoms with Gasteiger partial charge in [0.05, 0.1) is 6.10 Å². The van der Waals surface area contributed by atoms with Gasteiger partial charge < -0.3 is 9.84 Å². The van der Waals surface area contributed by atoms with E-state index in [-0.39, 0.29) is 0 Å². The second-order valence-electron chi connectivity index (χ2n) is 5.56. The van der Waals surface area contributed by atoms with Crippen molar-refractivity contribution in [2.45, 2.75) is 51.7 Å². The molecule has 0 unspecified atom stereocenters. The van der Waals surface area contributed by atoms with Crippen LogP contribution in [0, 0.1) is 0 Å². The van der Waals surface area contributed by atoms with E-state index in [1.54, 1.807) is 0 Å². The average molecular weight is 246 g/mol. The Hall–Kier alpha value is -1.28. The lowest BCUT2D eigenvalue weighted by molar-refractivity contribution is -0.0587. The van der Waals surface area contributed by atoms with Gasteiger partial charge in [-0.05, 0) is 45.2 Å². The molecule has 18 heavy (non-hydrogen) atoms. The number of para-hydroxylation sites is 1. The van der Waals surface area contributed by atoms with Crippen molar-refractivity contribution in [3.8, 4) is 5.75 Å². The van der Waals surface area contributed by atoms with Crippen LogP contribution in [0.4, 0.5) is 0 Å². The molecule has 2 atom stereocenters. The number of hydrogen-bond donors (Lipinski definition) is 1. The summed E-state index contributed by atoms with van der Waals surface area (Å²) < 4.78 is 6.03. The smallest absolute Gasteiger partial charge is 0.133 e. The van der Waals surface area contributed by atoms with Crippen LogP contribution in [0.5, 0.6) is 5.75 Å². The van der Waals surface area contributed by atoms with Crippen molar-refractivity contribution in [1.82, 2.24) is 0 Å². The Bertz CT molecular complexity index is 446. The van der Waals surface area contributed by atoms with Crippen molar-refractivity contribution < 1.29 is 9.84 Å². The summed E-state index contributed by atoms with van der Waals surface area (Å²) in [5.41, 5.74) is 1.94. The van der Waals surface area contributed by atoms with Crippen LogP contribution in [0.3, 0.4) is 0 Å². The summed E-state index contributed by atoms with van der Waals surface area (Å²) in [6, 6.07) is 7.97. The van der Waals surface area contributed by atoms with Gasteiger partial charge in [-0.25, -0.2) is 0 Å². The fourth-order valence-electron chi connectivity index (χ4n) is 2.38. The summed E-state index contributed by atoms with van der Waals surface area (Å²) in [5.74, 6) is 0.919. The lowest BCUT2D eigenvalue weighted by Crippen LogP contribution is -2.48. The lowest BCUT2D eigenvalue weighted by Gasteiger charge is -2.39. The van der Waals surface area contributed by atoms with Crippen molar-refractivity contribution in [1.29, 1.82) is 0 Å². The molecule has 1 aliphatic rings. The molecule has 1 heterocycles. The van der Waals surface area contributed by atoms with Crippen molar-refractivity contribution in [3.05, 3.63) is 41.5 Å². The number of rotatable bonds is 3. The third kappa shape index (κ3) is 2.75. The highest BCUT2D eigenvalue weighted by Gasteiger charge is 2.38. The zero-order valence-electron chi connectivity index (χ0n) is 11.4. The summed E-state index contributed by atoms with van der Waals surface area (Å²) in [6.45, 7) is 6.19. The Morgan fingerprint density at radius 1 is 1.44 bits per heavy atom. The molecular weight excluding hydrogens is 224 g/mol. The highest BCUT2D eigenvalue weighted by molar-refractivity contribution is 5.37. The molecule has 1 aliphatic heterocycles.